The molecule has 0 bridgehead atoms. The first-order valence-electron chi connectivity index (χ1n) is 10.3. The quantitative estimate of drug-likeness (QED) is 0.189. The van der Waals surface area contributed by atoms with Crippen LogP contribution >= 0.6 is 11.6 Å². The molecule has 0 spiro atoms. The van der Waals surface area contributed by atoms with Crippen molar-refractivity contribution in [2.24, 2.45) is 0 Å². The van der Waals surface area contributed by atoms with Crippen LogP contribution < -0.4 is 4.74 Å². The number of hydrogen-bond acceptors (Lipinski definition) is 6. The van der Waals surface area contributed by atoms with Gasteiger partial charge in [0, 0.05) is 17.3 Å². The van der Waals surface area contributed by atoms with Crippen molar-refractivity contribution in [1.29, 1.82) is 0 Å². The molecule has 2 aromatic carbocycles. The van der Waals surface area contributed by atoms with Gasteiger partial charge in [-0.25, -0.2) is 14.6 Å². The van der Waals surface area contributed by atoms with Gasteiger partial charge in [-0.3, -0.25) is 4.79 Å². The van der Waals surface area contributed by atoms with Gasteiger partial charge in [-0.1, -0.05) is 41.8 Å². The highest BCUT2D eigenvalue weighted by Gasteiger charge is 2.31. The first kappa shape index (κ1) is 24.8. The molecule has 0 aliphatic heterocycles. The summed E-state index contributed by atoms with van der Waals surface area (Å²) in [6.07, 6.45) is 2.72. The molecule has 0 radical (unpaired) electrons. The van der Waals surface area contributed by atoms with Crippen LogP contribution in [0.2, 0.25) is 5.15 Å². The number of alkyl halides is 3. The number of esters is 1. The molecule has 0 amide bonds. The van der Waals surface area contributed by atoms with Crippen LogP contribution in [0.1, 0.15) is 17.2 Å². The van der Waals surface area contributed by atoms with E-state index in [0.29, 0.717) is 33.4 Å². The van der Waals surface area contributed by atoms with Gasteiger partial charge in [0.2, 0.25) is 0 Å². The van der Waals surface area contributed by atoms with Crippen LogP contribution in [0.15, 0.2) is 73.2 Å². The molecule has 0 aliphatic rings. The van der Waals surface area contributed by atoms with Crippen LogP contribution in [0.5, 0.6) is 5.75 Å². The van der Waals surface area contributed by atoms with Crippen molar-refractivity contribution in [2.75, 3.05) is 0 Å². The van der Waals surface area contributed by atoms with Gasteiger partial charge in [0.1, 0.15) is 17.2 Å². The number of aromatic nitrogens is 4. The summed E-state index contributed by atoms with van der Waals surface area (Å²) in [5.41, 5.74) is 2.40. The highest BCUT2D eigenvalue weighted by Crippen LogP contribution is 2.24. The number of terminal acetylenes is 1. The van der Waals surface area contributed by atoms with Crippen molar-refractivity contribution in [3.05, 3.63) is 89.5 Å². The third kappa shape index (κ3) is 6.40. The van der Waals surface area contributed by atoms with E-state index in [0.717, 1.165) is 0 Å². The largest absolute Gasteiger partial charge is 0.573 e. The Labute approximate surface area is 208 Å². The lowest BCUT2D eigenvalue weighted by Crippen LogP contribution is -2.17. The van der Waals surface area contributed by atoms with E-state index < -0.39 is 18.4 Å². The maximum Gasteiger partial charge on any atom is 0.573 e. The molecule has 182 valence electrons. The number of pyridine rings is 1. The van der Waals surface area contributed by atoms with Crippen LogP contribution in [-0.4, -0.2) is 32.1 Å². The maximum absolute atomic E-state index is 12.4. The molecule has 4 aromatic rings. The van der Waals surface area contributed by atoms with E-state index >= 15 is 0 Å². The standard InChI is InChI=1S/C25H16ClF3N4O3/c1-2-21(18-7-12-22(26)30-14-18)35-23(34)13-16-3-5-17(6-4-16)24-31-15-33(32-24)19-8-10-20(11-9-19)36-25(27,28)29/h1,3-12,14-15,21H,13H2. The summed E-state index contributed by atoms with van der Waals surface area (Å²) in [5, 5.41) is 4.65. The molecule has 36 heavy (non-hydrogen) atoms. The maximum atomic E-state index is 12.4. The van der Waals surface area contributed by atoms with Gasteiger partial charge in [0.25, 0.3) is 0 Å². The van der Waals surface area contributed by atoms with Gasteiger partial charge < -0.3 is 9.47 Å². The topological polar surface area (TPSA) is 79.1 Å². The van der Waals surface area contributed by atoms with Crippen molar-refractivity contribution in [1.82, 2.24) is 19.7 Å². The van der Waals surface area contributed by atoms with Crippen molar-refractivity contribution in [3.63, 3.8) is 0 Å². The second kappa shape index (κ2) is 10.5. The highest BCUT2D eigenvalue weighted by atomic mass is 35.5. The predicted octanol–water partition coefficient (Wildman–Crippen LogP) is 5.34. The molecule has 1 atom stereocenters. The van der Waals surface area contributed by atoms with Gasteiger partial charge >= 0.3 is 12.3 Å². The van der Waals surface area contributed by atoms with Crippen molar-refractivity contribution in [3.8, 4) is 35.2 Å². The minimum absolute atomic E-state index is 0.00626. The van der Waals surface area contributed by atoms with Crippen molar-refractivity contribution >= 4 is 17.6 Å². The Hall–Kier alpha value is -4.36. The molecule has 0 N–H and O–H groups in total. The van der Waals surface area contributed by atoms with E-state index in [1.807, 2.05) is 0 Å². The summed E-state index contributed by atoms with van der Waals surface area (Å²) in [7, 11) is 0. The average Bonchev–Trinajstić information content (AvgIpc) is 3.33. The lowest BCUT2D eigenvalue weighted by molar-refractivity contribution is -0.274. The van der Waals surface area contributed by atoms with E-state index in [-0.39, 0.29) is 12.2 Å². The van der Waals surface area contributed by atoms with Crippen LogP contribution in [0.25, 0.3) is 17.1 Å². The third-order valence-corrected chi connectivity index (χ3v) is 5.06. The number of ether oxygens (including phenoxy) is 2. The molecule has 2 heterocycles. The molecule has 7 nitrogen and oxygen atoms in total. The lowest BCUT2D eigenvalue weighted by Gasteiger charge is -2.12. The van der Waals surface area contributed by atoms with Crippen LogP contribution in [0.4, 0.5) is 13.2 Å². The Morgan fingerprint density at radius 2 is 1.78 bits per heavy atom. The minimum atomic E-state index is -4.76. The van der Waals surface area contributed by atoms with E-state index in [1.54, 1.807) is 36.4 Å². The first-order chi connectivity index (χ1) is 17.2. The Bertz CT molecular complexity index is 1380. The number of benzene rings is 2. The molecular weight excluding hydrogens is 497 g/mol. The van der Waals surface area contributed by atoms with Crippen LogP contribution in [0, 0.1) is 12.3 Å². The molecule has 1 unspecified atom stereocenters. The van der Waals surface area contributed by atoms with Crippen molar-refractivity contribution < 1.29 is 27.4 Å². The summed E-state index contributed by atoms with van der Waals surface area (Å²) in [6, 6.07) is 15.4. The smallest absolute Gasteiger partial charge is 0.444 e. The monoisotopic (exact) mass is 512 g/mol. The molecule has 2 aromatic heterocycles. The molecule has 0 saturated carbocycles. The zero-order chi connectivity index (χ0) is 25.7. The fourth-order valence-corrected chi connectivity index (χ4v) is 3.28. The summed E-state index contributed by atoms with van der Waals surface area (Å²) >= 11 is 5.77. The van der Waals surface area contributed by atoms with Crippen LogP contribution in [-0.2, 0) is 16.0 Å². The zero-order valence-corrected chi connectivity index (χ0v) is 19.1. The second-order valence-electron chi connectivity index (χ2n) is 7.38. The van der Waals surface area contributed by atoms with E-state index in [4.69, 9.17) is 22.8 Å². The molecular formula is C25H16ClF3N4O3. The number of hydrogen-bond donors (Lipinski definition) is 0. The summed E-state index contributed by atoms with van der Waals surface area (Å²) in [6.45, 7) is 0. The molecule has 0 aliphatic carbocycles. The Morgan fingerprint density at radius 1 is 1.06 bits per heavy atom. The number of rotatable bonds is 7. The van der Waals surface area contributed by atoms with E-state index in [1.165, 1.54) is 41.5 Å². The fraction of sp³-hybridized carbons (Fsp3) is 0.120. The highest BCUT2D eigenvalue weighted by molar-refractivity contribution is 6.29. The fourth-order valence-electron chi connectivity index (χ4n) is 3.17. The lowest BCUT2D eigenvalue weighted by atomic mass is 10.1. The van der Waals surface area contributed by atoms with Gasteiger partial charge in [-0.15, -0.1) is 24.7 Å². The molecule has 11 heteroatoms. The summed E-state index contributed by atoms with van der Waals surface area (Å²) in [4.78, 5) is 20.5. The summed E-state index contributed by atoms with van der Waals surface area (Å²) in [5.74, 6) is 1.96. The Morgan fingerprint density at radius 3 is 2.39 bits per heavy atom. The van der Waals surface area contributed by atoms with Gasteiger partial charge in [0.05, 0.1) is 12.1 Å². The van der Waals surface area contributed by atoms with Crippen LogP contribution in [0.3, 0.4) is 0 Å². The number of carbonyl (C=O) groups is 1. The number of carbonyl (C=O) groups excluding carboxylic acids is 1. The zero-order valence-electron chi connectivity index (χ0n) is 18.3. The average molecular weight is 513 g/mol. The Kier molecular flexibility index (Phi) is 7.22. The molecule has 4 rings (SSSR count). The second-order valence-corrected chi connectivity index (χ2v) is 7.77. The van der Waals surface area contributed by atoms with E-state index in [9.17, 15) is 18.0 Å². The minimum Gasteiger partial charge on any atom is -0.444 e. The van der Waals surface area contributed by atoms with Gasteiger partial charge in [-0.05, 0) is 42.0 Å². The SMILES string of the molecule is C#CC(OC(=O)Cc1ccc(-c2ncn(-c3ccc(OC(F)(F)F)cc3)n2)cc1)c1ccc(Cl)nc1. The molecule has 0 fully saturated rings. The van der Waals surface area contributed by atoms with Gasteiger partial charge in [0.15, 0.2) is 11.9 Å². The normalized spacial score (nSPS) is 12.0. The number of halogens is 4. The van der Waals surface area contributed by atoms with E-state index in [2.05, 4.69) is 25.7 Å². The van der Waals surface area contributed by atoms with Gasteiger partial charge in [-0.2, -0.15) is 0 Å². The predicted molar refractivity (Wildman–Crippen MR) is 124 cm³/mol. The first-order valence-corrected chi connectivity index (χ1v) is 10.7. The Balaban J connectivity index is 1.38. The third-order valence-electron chi connectivity index (χ3n) is 4.84. The number of nitrogens with zero attached hydrogens (tertiary/aromatic N) is 4. The van der Waals surface area contributed by atoms with Crippen molar-refractivity contribution in [2.45, 2.75) is 18.9 Å². The molecule has 0 saturated heterocycles. The summed E-state index contributed by atoms with van der Waals surface area (Å²) < 4.78 is 47.6.